The summed E-state index contributed by atoms with van der Waals surface area (Å²) in [6.07, 6.45) is 1.56. The number of hydrogen-bond donors (Lipinski definition) is 1. The summed E-state index contributed by atoms with van der Waals surface area (Å²) in [4.78, 5) is 27.6. The van der Waals surface area contributed by atoms with Crippen molar-refractivity contribution in [3.8, 4) is 5.75 Å². The molecule has 2 aromatic carbocycles. The Hall–Kier alpha value is -3.06. The molecule has 3 rings (SSSR count). The Labute approximate surface area is 154 Å². The molecule has 1 N–H and O–H groups in total. The number of hydrogen-bond acceptors (Lipinski definition) is 4. The highest BCUT2D eigenvalue weighted by Crippen LogP contribution is 2.24. The fourth-order valence-electron chi connectivity index (χ4n) is 2.56. The van der Waals surface area contributed by atoms with Crippen LogP contribution in [0.15, 0.2) is 48.7 Å². The standard InChI is InChI=1S/C18H16ClN3O4/c1-21(7-8-26-14-4-2-3-12(19)9-14)18(23)16-11-20-17-6-5-13(22(24)25)10-15(16)17/h2-6,9-11,20H,7-8H2,1H3. The van der Waals surface area contributed by atoms with Gasteiger partial charge in [-0.05, 0) is 24.3 Å². The van der Waals surface area contributed by atoms with Gasteiger partial charge in [-0.2, -0.15) is 0 Å². The lowest BCUT2D eigenvalue weighted by Crippen LogP contribution is -2.30. The number of ether oxygens (including phenoxy) is 1. The van der Waals surface area contributed by atoms with Gasteiger partial charge in [0.1, 0.15) is 12.4 Å². The lowest BCUT2D eigenvalue weighted by molar-refractivity contribution is -0.384. The predicted octanol–water partition coefficient (Wildman–Crippen LogP) is 3.88. The van der Waals surface area contributed by atoms with E-state index in [1.54, 1.807) is 43.6 Å². The molecule has 26 heavy (non-hydrogen) atoms. The Morgan fingerprint density at radius 2 is 2.12 bits per heavy atom. The number of likely N-dealkylation sites (N-methyl/N-ethyl adjacent to an activating group) is 1. The average Bonchev–Trinajstić information content (AvgIpc) is 3.04. The van der Waals surface area contributed by atoms with Crippen LogP contribution in [0.1, 0.15) is 10.4 Å². The van der Waals surface area contributed by atoms with Crippen molar-refractivity contribution in [3.63, 3.8) is 0 Å². The van der Waals surface area contributed by atoms with Gasteiger partial charge in [-0.1, -0.05) is 17.7 Å². The molecule has 134 valence electrons. The number of nitro groups is 1. The molecule has 8 heteroatoms. The van der Waals surface area contributed by atoms with Crippen molar-refractivity contribution in [2.75, 3.05) is 20.2 Å². The van der Waals surface area contributed by atoms with Crippen molar-refractivity contribution in [2.24, 2.45) is 0 Å². The zero-order valence-corrected chi connectivity index (χ0v) is 14.7. The van der Waals surface area contributed by atoms with E-state index in [4.69, 9.17) is 16.3 Å². The number of nitro benzene ring substituents is 1. The number of carbonyl (C=O) groups excluding carboxylic acids is 1. The summed E-state index contributed by atoms with van der Waals surface area (Å²) in [5, 5.41) is 12.1. The number of amides is 1. The molecule has 1 heterocycles. The lowest BCUT2D eigenvalue weighted by Gasteiger charge is -2.17. The molecule has 3 aromatic rings. The van der Waals surface area contributed by atoms with Gasteiger partial charge in [-0.25, -0.2) is 0 Å². The van der Waals surface area contributed by atoms with E-state index in [-0.39, 0.29) is 11.6 Å². The van der Waals surface area contributed by atoms with Crippen LogP contribution in [0.3, 0.4) is 0 Å². The van der Waals surface area contributed by atoms with Crippen molar-refractivity contribution in [3.05, 3.63) is 69.4 Å². The van der Waals surface area contributed by atoms with Crippen molar-refractivity contribution in [2.45, 2.75) is 0 Å². The molecule has 0 spiro atoms. The first-order chi connectivity index (χ1) is 12.5. The largest absolute Gasteiger partial charge is 0.492 e. The highest BCUT2D eigenvalue weighted by atomic mass is 35.5. The maximum Gasteiger partial charge on any atom is 0.270 e. The minimum absolute atomic E-state index is 0.0573. The number of non-ortho nitro benzene ring substituents is 1. The molecule has 0 fully saturated rings. The molecule has 0 saturated carbocycles. The molecule has 1 aromatic heterocycles. The second-order valence-corrected chi connectivity index (χ2v) is 6.16. The van der Waals surface area contributed by atoms with Crippen LogP contribution in [-0.2, 0) is 0 Å². The third kappa shape index (κ3) is 3.78. The number of nitrogens with one attached hydrogen (secondary N) is 1. The van der Waals surface area contributed by atoms with Gasteiger partial charge in [0.05, 0.1) is 17.0 Å². The average molecular weight is 374 g/mol. The van der Waals surface area contributed by atoms with Gasteiger partial charge in [-0.3, -0.25) is 14.9 Å². The van der Waals surface area contributed by atoms with E-state index >= 15 is 0 Å². The van der Waals surface area contributed by atoms with E-state index in [1.165, 1.54) is 17.0 Å². The van der Waals surface area contributed by atoms with Gasteiger partial charge < -0.3 is 14.6 Å². The van der Waals surface area contributed by atoms with Gasteiger partial charge in [0.15, 0.2) is 0 Å². The molecule has 0 unspecified atom stereocenters. The van der Waals surface area contributed by atoms with E-state index in [2.05, 4.69) is 4.98 Å². The highest BCUT2D eigenvalue weighted by molar-refractivity contribution is 6.30. The summed E-state index contributed by atoms with van der Waals surface area (Å²) in [6.45, 7) is 0.651. The molecular weight excluding hydrogens is 358 g/mol. The summed E-state index contributed by atoms with van der Waals surface area (Å²) in [5.74, 6) is 0.382. The maximum absolute atomic E-state index is 12.7. The first-order valence-corrected chi connectivity index (χ1v) is 8.23. The molecule has 0 aliphatic rings. The number of nitrogens with zero attached hydrogens (tertiary/aromatic N) is 2. The summed E-state index contributed by atoms with van der Waals surface area (Å²) in [5.41, 5.74) is 0.995. The summed E-state index contributed by atoms with van der Waals surface area (Å²) < 4.78 is 5.59. The van der Waals surface area contributed by atoms with Crippen LogP contribution in [0.25, 0.3) is 10.9 Å². The number of rotatable bonds is 6. The Kier molecular flexibility index (Phi) is 5.09. The van der Waals surface area contributed by atoms with Crippen LogP contribution in [0.2, 0.25) is 5.02 Å². The van der Waals surface area contributed by atoms with Crippen molar-refractivity contribution in [1.82, 2.24) is 9.88 Å². The normalized spacial score (nSPS) is 10.7. The smallest absolute Gasteiger partial charge is 0.270 e. The van der Waals surface area contributed by atoms with Gasteiger partial charge in [-0.15, -0.1) is 0 Å². The first-order valence-electron chi connectivity index (χ1n) is 7.85. The van der Waals surface area contributed by atoms with Gasteiger partial charge in [0.25, 0.3) is 11.6 Å². The zero-order chi connectivity index (χ0) is 18.7. The minimum atomic E-state index is -0.483. The Bertz CT molecular complexity index is 970. The van der Waals surface area contributed by atoms with E-state index in [1.807, 2.05) is 0 Å². The second kappa shape index (κ2) is 7.45. The number of aromatic amines is 1. The molecule has 0 saturated heterocycles. The Morgan fingerprint density at radius 1 is 1.31 bits per heavy atom. The van der Waals surface area contributed by atoms with Crippen molar-refractivity contribution < 1.29 is 14.5 Å². The van der Waals surface area contributed by atoms with Crippen LogP contribution in [0.5, 0.6) is 5.75 Å². The molecule has 0 atom stereocenters. The lowest BCUT2D eigenvalue weighted by atomic mass is 10.1. The number of H-pyrrole nitrogens is 1. The van der Waals surface area contributed by atoms with Gasteiger partial charge >= 0.3 is 0 Å². The van der Waals surface area contributed by atoms with E-state index in [0.717, 1.165) is 0 Å². The Balaban J connectivity index is 1.69. The van der Waals surface area contributed by atoms with E-state index < -0.39 is 4.92 Å². The monoisotopic (exact) mass is 373 g/mol. The first kappa shape index (κ1) is 17.8. The van der Waals surface area contributed by atoms with Crippen LogP contribution in [0.4, 0.5) is 5.69 Å². The fraction of sp³-hybridized carbons (Fsp3) is 0.167. The van der Waals surface area contributed by atoms with Crippen molar-refractivity contribution in [1.29, 1.82) is 0 Å². The van der Waals surface area contributed by atoms with Crippen molar-refractivity contribution >= 4 is 34.1 Å². The quantitative estimate of drug-likeness (QED) is 0.524. The number of halogens is 1. The van der Waals surface area contributed by atoms with E-state index in [9.17, 15) is 14.9 Å². The minimum Gasteiger partial charge on any atom is -0.492 e. The van der Waals surface area contributed by atoms with Crippen LogP contribution < -0.4 is 4.74 Å². The zero-order valence-electron chi connectivity index (χ0n) is 13.9. The fourth-order valence-corrected chi connectivity index (χ4v) is 2.74. The molecule has 0 aliphatic carbocycles. The van der Waals surface area contributed by atoms with Gasteiger partial charge in [0, 0.05) is 41.3 Å². The van der Waals surface area contributed by atoms with Crippen LogP contribution in [-0.4, -0.2) is 40.9 Å². The number of benzene rings is 2. The molecule has 0 aliphatic heterocycles. The molecule has 0 radical (unpaired) electrons. The summed E-state index contributed by atoms with van der Waals surface area (Å²) in [7, 11) is 1.65. The molecular formula is C18H16ClN3O4. The topological polar surface area (TPSA) is 88.5 Å². The summed E-state index contributed by atoms with van der Waals surface area (Å²) in [6, 6.07) is 11.4. The predicted molar refractivity (Wildman–Crippen MR) is 98.9 cm³/mol. The third-order valence-corrected chi connectivity index (χ3v) is 4.18. The molecule has 0 bridgehead atoms. The molecule has 1 amide bonds. The molecule has 7 nitrogen and oxygen atoms in total. The highest BCUT2D eigenvalue weighted by Gasteiger charge is 2.18. The second-order valence-electron chi connectivity index (χ2n) is 5.72. The van der Waals surface area contributed by atoms with Gasteiger partial charge in [0.2, 0.25) is 0 Å². The van der Waals surface area contributed by atoms with E-state index in [0.29, 0.717) is 40.4 Å². The third-order valence-electron chi connectivity index (χ3n) is 3.94. The Morgan fingerprint density at radius 3 is 2.85 bits per heavy atom. The van der Waals surface area contributed by atoms with Crippen LogP contribution in [0, 0.1) is 10.1 Å². The maximum atomic E-state index is 12.7. The number of fused-ring (bicyclic) bond motifs is 1. The summed E-state index contributed by atoms with van der Waals surface area (Å²) >= 11 is 5.90. The number of carbonyl (C=O) groups is 1. The SMILES string of the molecule is CN(CCOc1cccc(Cl)c1)C(=O)c1c[nH]c2ccc([N+](=O)[O-])cc12. The number of aromatic nitrogens is 1. The van der Waals surface area contributed by atoms with Crippen LogP contribution >= 0.6 is 11.6 Å².